The molecule has 22 heavy (non-hydrogen) atoms. The fourth-order valence-electron chi connectivity index (χ4n) is 1.63. The minimum absolute atomic E-state index is 0.364. The lowest BCUT2D eigenvalue weighted by atomic mass is 10.2. The number of nitrogens with one attached hydrogen (secondary N) is 1. The van der Waals surface area contributed by atoms with Crippen LogP contribution in [-0.2, 0) is 10.0 Å². The third kappa shape index (κ3) is 4.10. The van der Waals surface area contributed by atoms with E-state index in [1.54, 1.807) is 54.6 Å². The maximum Gasteiger partial charge on any atom is 0.272 e. The van der Waals surface area contributed by atoms with Crippen LogP contribution in [0.25, 0.3) is 6.08 Å². The van der Waals surface area contributed by atoms with Gasteiger partial charge in [0.2, 0.25) is 0 Å². The maximum atomic E-state index is 12.3. The smallest absolute Gasteiger partial charge is 0.272 e. The van der Waals surface area contributed by atoms with Gasteiger partial charge in [0, 0.05) is 15.2 Å². The number of nitriles is 1. The van der Waals surface area contributed by atoms with E-state index in [1.807, 2.05) is 0 Å². The van der Waals surface area contributed by atoms with Crippen molar-refractivity contribution in [2.24, 2.45) is 0 Å². The molecule has 112 valence electrons. The number of hydrogen-bond donors (Lipinski definition) is 1. The minimum Gasteiger partial charge on any atom is -0.279 e. The highest BCUT2D eigenvalue weighted by atomic mass is 79.9. The lowest BCUT2D eigenvalue weighted by molar-refractivity contribution is 0.608. The molecule has 0 amide bonds. The Balaban J connectivity index is 2.36. The van der Waals surface area contributed by atoms with Crippen molar-refractivity contribution in [3.05, 3.63) is 68.5 Å². The third-order valence-corrected chi connectivity index (χ3v) is 4.85. The number of sulfonamides is 1. The van der Waals surface area contributed by atoms with Crippen LogP contribution in [-0.4, -0.2) is 8.42 Å². The molecule has 0 aliphatic carbocycles. The number of hydrogen-bond acceptors (Lipinski definition) is 3. The zero-order chi connectivity index (χ0) is 16.2. The summed E-state index contributed by atoms with van der Waals surface area (Å²) in [6.07, 6.45) is 1.24. The zero-order valence-corrected chi connectivity index (χ0v) is 14.3. The number of anilines is 1. The van der Waals surface area contributed by atoms with E-state index >= 15 is 0 Å². The van der Waals surface area contributed by atoms with Gasteiger partial charge >= 0.3 is 0 Å². The number of nitrogens with zero attached hydrogens (tertiary/aromatic N) is 1. The van der Waals surface area contributed by atoms with E-state index in [1.165, 1.54) is 6.08 Å². The predicted molar refractivity (Wildman–Crippen MR) is 91.7 cm³/mol. The molecule has 0 heterocycles. The molecule has 0 aliphatic heterocycles. The molecule has 0 spiro atoms. The van der Waals surface area contributed by atoms with Crippen molar-refractivity contribution < 1.29 is 8.42 Å². The molecule has 2 aromatic carbocycles. The van der Waals surface area contributed by atoms with Gasteiger partial charge in [-0.1, -0.05) is 45.7 Å². The van der Waals surface area contributed by atoms with Crippen molar-refractivity contribution >= 4 is 49.3 Å². The summed E-state index contributed by atoms with van der Waals surface area (Å²) in [5, 5.41) is 9.52. The Morgan fingerprint density at radius 3 is 2.41 bits per heavy atom. The van der Waals surface area contributed by atoms with E-state index in [0.29, 0.717) is 16.3 Å². The minimum atomic E-state index is -3.98. The quantitative estimate of drug-likeness (QED) is 0.777. The van der Waals surface area contributed by atoms with E-state index < -0.39 is 14.9 Å². The van der Waals surface area contributed by atoms with Crippen LogP contribution in [0.5, 0.6) is 0 Å². The number of halogens is 2. The van der Waals surface area contributed by atoms with E-state index in [9.17, 15) is 8.42 Å². The first kappa shape index (κ1) is 16.6. The van der Waals surface area contributed by atoms with Gasteiger partial charge < -0.3 is 0 Å². The van der Waals surface area contributed by atoms with E-state index in [4.69, 9.17) is 16.9 Å². The summed E-state index contributed by atoms with van der Waals surface area (Å²) in [4.78, 5) is -0.413. The molecule has 0 fully saturated rings. The lowest BCUT2D eigenvalue weighted by Gasteiger charge is -2.07. The topological polar surface area (TPSA) is 70.0 Å². The van der Waals surface area contributed by atoms with Crippen molar-refractivity contribution in [3.63, 3.8) is 0 Å². The first-order chi connectivity index (χ1) is 10.4. The molecule has 0 bridgehead atoms. The Bertz CT molecular complexity index is 856. The standard InChI is InChI=1S/C15H10BrClN2O2S/c16-12-5-7-13(8-6-12)19-22(20,21)14(10-18)9-11-3-1-2-4-15(11)17/h1-9,19H. The Hall–Kier alpha value is -1.81. The molecule has 0 saturated heterocycles. The van der Waals surface area contributed by atoms with E-state index in [0.717, 1.165) is 4.47 Å². The zero-order valence-electron chi connectivity index (χ0n) is 11.1. The van der Waals surface area contributed by atoms with Crippen molar-refractivity contribution in [2.75, 3.05) is 4.72 Å². The second-order valence-electron chi connectivity index (χ2n) is 4.25. The molecule has 0 aromatic heterocycles. The maximum absolute atomic E-state index is 12.3. The molecular weight excluding hydrogens is 388 g/mol. The summed E-state index contributed by atoms with van der Waals surface area (Å²) in [5.41, 5.74) is 0.824. The van der Waals surface area contributed by atoms with Crippen molar-refractivity contribution in [2.45, 2.75) is 0 Å². The van der Waals surface area contributed by atoms with Gasteiger partial charge in [-0.15, -0.1) is 0 Å². The van der Waals surface area contributed by atoms with Crippen LogP contribution in [0.3, 0.4) is 0 Å². The van der Waals surface area contributed by atoms with Gasteiger partial charge in [-0.25, -0.2) is 8.42 Å². The first-order valence-electron chi connectivity index (χ1n) is 6.07. The van der Waals surface area contributed by atoms with Gasteiger partial charge in [0.1, 0.15) is 6.07 Å². The fourth-order valence-corrected chi connectivity index (χ4v) is 3.04. The monoisotopic (exact) mass is 396 g/mol. The van der Waals surface area contributed by atoms with Crippen LogP contribution in [0.4, 0.5) is 5.69 Å². The predicted octanol–water partition coefficient (Wildman–Crippen LogP) is 4.41. The van der Waals surface area contributed by atoms with Crippen molar-refractivity contribution in [1.29, 1.82) is 5.26 Å². The molecule has 0 radical (unpaired) electrons. The highest BCUT2D eigenvalue weighted by molar-refractivity contribution is 9.10. The molecule has 1 N–H and O–H groups in total. The number of allylic oxidation sites excluding steroid dienone is 1. The average Bonchev–Trinajstić information content (AvgIpc) is 2.48. The Morgan fingerprint density at radius 2 is 1.82 bits per heavy atom. The Kier molecular flexibility index (Phi) is 5.24. The highest BCUT2D eigenvalue weighted by Crippen LogP contribution is 2.22. The number of benzene rings is 2. The highest BCUT2D eigenvalue weighted by Gasteiger charge is 2.18. The van der Waals surface area contributed by atoms with Gasteiger partial charge in [-0.05, 0) is 42.0 Å². The SMILES string of the molecule is N#CC(=Cc1ccccc1Cl)S(=O)(=O)Nc1ccc(Br)cc1. The Labute approximate surface area is 142 Å². The van der Waals surface area contributed by atoms with Gasteiger partial charge in [-0.3, -0.25) is 4.72 Å². The van der Waals surface area contributed by atoms with Crippen LogP contribution in [0.2, 0.25) is 5.02 Å². The summed E-state index contributed by atoms with van der Waals surface area (Å²) < 4.78 is 27.7. The second kappa shape index (κ2) is 6.97. The summed E-state index contributed by atoms with van der Waals surface area (Å²) >= 11 is 9.24. The molecule has 0 aliphatic rings. The molecule has 0 saturated carbocycles. The van der Waals surface area contributed by atoms with Crippen LogP contribution in [0.15, 0.2) is 57.9 Å². The van der Waals surface area contributed by atoms with Crippen molar-refractivity contribution in [1.82, 2.24) is 0 Å². The third-order valence-electron chi connectivity index (χ3n) is 2.69. The fraction of sp³-hybridized carbons (Fsp3) is 0. The second-order valence-corrected chi connectivity index (χ2v) is 7.23. The molecule has 4 nitrogen and oxygen atoms in total. The summed E-state index contributed by atoms with van der Waals surface area (Å²) in [7, 11) is -3.98. The largest absolute Gasteiger partial charge is 0.279 e. The summed E-state index contributed by atoms with van der Waals surface area (Å²) in [6, 6.07) is 15.0. The van der Waals surface area contributed by atoms with E-state index in [-0.39, 0.29) is 0 Å². The van der Waals surface area contributed by atoms with Crippen LogP contribution >= 0.6 is 27.5 Å². The molecule has 2 aromatic rings. The van der Waals surface area contributed by atoms with Crippen LogP contribution in [0.1, 0.15) is 5.56 Å². The first-order valence-corrected chi connectivity index (χ1v) is 8.72. The van der Waals surface area contributed by atoms with Crippen LogP contribution in [0, 0.1) is 11.3 Å². The van der Waals surface area contributed by atoms with Gasteiger partial charge in [0.15, 0.2) is 4.91 Å². The summed E-state index contributed by atoms with van der Waals surface area (Å²) in [5.74, 6) is 0. The van der Waals surface area contributed by atoms with E-state index in [2.05, 4.69) is 20.7 Å². The molecule has 0 unspecified atom stereocenters. The molecule has 0 atom stereocenters. The van der Waals surface area contributed by atoms with Crippen molar-refractivity contribution in [3.8, 4) is 6.07 Å². The average molecular weight is 398 g/mol. The van der Waals surface area contributed by atoms with Crippen LogP contribution < -0.4 is 4.72 Å². The molecule has 7 heteroatoms. The van der Waals surface area contributed by atoms with Gasteiger partial charge in [0.25, 0.3) is 10.0 Å². The molecular formula is C15H10BrClN2O2S. The Morgan fingerprint density at radius 1 is 1.18 bits per heavy atom. The summed E-state index contributed by atoms with van der Waals surface area (Å²) in [6.45, 7) is 0. The number of rotatable bonds is 4. The molecule has 2 rings (SSSR count). The normalized spacial score (nSPS) is 11.8. The van der Waals surface area contributed by atoms with Gasteiger partial charge in [-0.2, -0.15) is 5.26 Å². The van der Waals surface area contributed by atoms with Gasteiger partial charge in [0.05, 0.1) is 0 Å². The lowest BCUT2D eigenvalue weighted by Crippen LogP contribution is -2.14.